The van der Waals surface area contributed by atoms with Crippen molar-refractivity contribution in [2.45, 2.75) is 52.7 Å². The highest BCUT2D eigenvalue weighted by atomic mass is 16.6. The molecule has 0 bridgehead atoms. The van der Waals surface area contributed by atoms with Crippen molar-refractivity contribution in [1.29, 1.82) is 0 Å². The first-order valence-corrected chi connectivity index (χ1v) is 5.40. The Bertz CT molecular complexity index is 198. The summed E-state index contributed by atoms with van der Waals surface area (Å²) in [7, 11) is 0. The van der Waals surface area contributed by atoms with Gasteiger partial charge in [-0.1, -0.05) is 20.3 Å². The zero-order chi connectivity index (χ0) is 12.1. The summed E-state index contributed by atoms with van der Waals surface area (Å²) >= 11 is 0. The summed E-state index contributed by atoms with van der Waals surface area (Å²) < 4.78 is 5.10. The standard InChI is InChI=1S/C11H23NO3/c1-6-8(2)9(7-13)12-10(14)15-11(3,4)5/h8-9,13H,6-7H2,1-5H3,(H,12,14)/t8-,9-/m1/s1. The van der Waals surface area contributed by atoms with Crippen molar-refractivity contribution in [2.24, 2.45) is 5.92 Å². The van der Waals surface area contributed by atoms with Gasteiger partial charge in [0.1, 0.15) is 5.60 Å². The largest absolute Gasteiger partial charge is 0.444 e. The Morgan fingerprint density at radius 2 is 2.00 bits per heavy atom. The molecule has 4 nitrogen and oxygen atoms in total. The SMILES string of the molecule is CC[C@@H](C)[C@@H](CO)NC(=O)OC(C)(C)C. The summed E-state index contributed by atoms with van der Waals surface area (Å²) in [4.78, 5) is 11.4. The maximum absolute atomic E-state index is 11.4. The minimum atomic E-state index is -0.500. The second-order valence-corrected chi connectivity index (χ2v) is 4.82. The van der Waals surface area contributed by atoms with Crippen molar-refractivity contribution in [3.05, 3.63) is 0 Å². The van der Waals surface area contributed by atoms with Gasteiger partial charge in [-0.15, -0.1) is 0 Å². The molecule has 0 unspecified atom stereocenters. The quantitative estimate of drug-likeness (QED) is 0.756. The number of nitrogens with one attached hydrogen (secondary N) is 1. The molecule has 15 heavy (non-hydrogen) atoms. The van der Waals surface area contributed by atoms with Crippen LogP contribution in [0.2, 0.25) is 0 Å². The average Bonchev–Trinajstić information content (AvgIpc) is 2.10. The van der Waals surface area contributed by atoms with E-state index in [1.807, 2.05) is 34.6 Å². The van der Waals surface area contributed by atoms with Crippen LogP contribution in [0.3, 0.4) is 0 Å². The van der Waals surface area contributed by atoms with Crippen LogP contribution in [0.5, 0.6) is 0 Å². The summed E-state index contributed by atoms with van der Waals surface area (Å²) in [5, 5.41) is 11.8. The van der Waals surface area contributed by atoms with Crippen LogP contribution < -0.4 is 5.32 Å². The number of aliphatic hydroxyl groups excluding tert-OH is 1. The van der Waals surface area contributed by atoms with E-state index in [1.54, 1.807) is 0 Å². The van der Waals surface area contributed by atoms with E-state index in [0.29, 0.717) is 0 Å². The van der Waals surface area contributed by atoms with Crippen LogP contribution >= 0.6 is 0 Å². The summed E-state index contributed by atoms with van der Waals surface area (Å²) in [6.07, 6.45) is 0.433. The first kappa shape index (κ1) is 14.2. The van der Waals surface area contributed by atoms with E-state index < -0.39 is 11.7 Å². The Balaban J connectivity index is 4.13. The highest BCUT2D eigenvalue weighted by Crippen LogP contribution is 2.10. The number of carbonyl (C=O) groups is 1. The van der Waals surface area contributed by atoms with Crippen LogP contribution in [0.15, 0.2) is 0 Å². The van der Waals surface area contributed by atoms with Crippen LogP contribution in [0.1, 0.15) is 41.0 Å². The van der Waals surface area contributed by atoms with E-state index in [1.165, 1.54) is 0 Å². The summed E-state index contributed by atoms with van der Waals surface area (Å²) in [5.41, 5.74) is -0.500. The van der Waals surface area contributed by atoms with Crippen LogP contribution in [0, 0.1) is 5.92 Å². The van der Waals surface area contributed by atoms with E-state index in [4.69, 9.17) is 9.84 Å². The molecular weight excluding hydrogens is 194 g/mol. The number of aliphatic hydroxyl groups is 1. The highest BCUT2D eigenvalue weighted by molar-refractivity contribution is 5.68. The normalized spacial score (nSPS) is 15.6. The van der Waals surface area contributed by atoms with Gasteiger partial charge in [0, 0.05) is 0 Å². The smallest absolute Gasteiger partial charge is 0.407 e. The van der Waals surface area contributed by atoms with Gasteiger partial charge in [0.05, 0.1) is 12.6 Å². The Morgan fingerprint density at radius 3 is 2.33 bits per heavy atom. The minimum Gasteiger partial charge on any atom is -0.444 e. The number of rotatable bonds is 4. The van der Waals surface area contributed by atoms with E-state index in [0.717, 1.165) is 6.42 Å². The third-order valence-corrected chi connectivity index (χ3v) is 2.23. The molecule has 0 aliphatic heterocycles. The molecule has 0 aromatic carbocycles. The molecule has 0 spiro atoms. The van der Waals surface area contributed by atoms with E-state index in [2.05, 4.69) is 5.32 Å². The predicted molar refractivity (Wildman–Crippen MR) is 59.7 cm³/mol. The molecule has 0 rings (SSSR count). The van der Waals surface area contributed by atoms with Crippen LogP contribution in [-0.4, -0.2) is 29.4 Å². The summed E-state index contributed by atoms with van der Waals surface area (Å²) in [6.45, 7) is 9.37. The lowest BCUT2D eigenvalue weighted by molar-refractivity contribution is 0.0457. The maximum atomic E-state index is 11.4. The Morgan fingerprint density at radius 1 is 1.47 bits per heavy atom. The van der Waals surface area contributed by atoms with Gasteiger partial charge in [0.2, 0.25) is 0 Å². The molecule has 1 amide bonds. The molecule has 4 heteroatoms. The first-order chi connectivity index (χ1) is 6.80. The molecule has 90 valence electrons. The molecule has 0 radical (unpaired) electrons. The zero-order valence-electron chi connectivity index (χ0n) is 10.3. The highest BCUT2D eigenvalue weighted by Gasteiger charge is 2.21. The topological polar surface area (TPSA) is 58.6 Å². The molecule has 2 N–H and O–H groups in total. The number of hydrogen-bond donors (Lipinski definition) is 2. The van der Waals surface area contributed by atoms with Gasteiger partial charge < -0.3 is 15.2 Å². The fraction of sp³-hybridized carbons (Fsp3) is 0.909. The van der Waals surface area contributed by atoms with E-state index in [9.17, 15) is 4.79 Å². The van der Waals surface area contributed by atoms with Gasteiger partial charge in [-0.25, -0.2) is 4.79 Å². The lowest BCUT2D eigenvalue weighted by Gasteiger charge is -2.25. The van der Waals surface area contributed by atoms with Crippen molar-refractivity contribution in [1.82, 2.24) is 5.32 Å². The fourth-order valence-corrected chi connectivity index (χ4v) is 1.11. The third kappa shape index (κ3) is 6.33. The summed E-state index contributed by atoms with van der Waals surface area (Å²) in [5.74, 6) is 0.238. The molecule has 0 saturated heterocycles. The monoisotopic (exact) mass is 217 g/mol. The third-order valence-electron chi connectivity index (χ3n) is 2.23. The Hall–Kier alpha value is -0.770. The number of hydrogen-bond acceptors (Lipinski definition) is 3. The van der Waals surface area contributed by atoms with Gasteiger partial charge in [0.15, 0.2) is 0 Å². The maximum Gasteiger partial charge on any atom is 0.407 e. The first-order valence-electron chi connectivity index (χ1n) is 5.40. The second kappa shape index (κ2) is 5.95. The van der Waals surface area contributed by atoms with Crippen LogP contribution in [0.25, 0.3) is 0 Å². The molecule has 0 saturated carbocycles. The van der Waals surface area contributed by atoms with Gasteiger partial charge in [0.25, 0.3) is 0 Å². The van der Waals surface area contributed by atoms with Gasteiger partial charge in [-0.05, 0) is 26.7 Å². The van der Waals surface area contributed by atoms with Crippen molar-refractivity contribution < 1.29 is 14.6 Å². The molecule has 0 aliphatic rings. The van der Waals surface area contributed by atoms with Crippen molar-refractivity contribution in [3.63, 3.8) is 0 Å². The molecule has 2 atom stereocenters. The molecular formula is C11H23NO3. The van der Waals surface area contributed by atoms with Crippen LogP contribution in [0.4, 0.5) is 4.79 Å². The molecule has 0 fully saturated rings. The Kier molecular flexibility index (Phi) is 5.65. The number of carbonyl (C=O) groups excluding carboxylic acids is 1. The van der Waals surface area contributed by atoms with Crippen molar-refractivity contribution in [2.75, 3.05) is 6.61 Å². The Labute approximate surface area is 92.0 Å². The molecule has 0 aliphatic carbocycles. The number of amides is 1. The molecule has 0 heterocycles. The van der Waals surface area contributed by atoms with Crippen LogP contribution in [-0.2, 0) is 4.74 Å². The fourth-order valence-electron chi connectivity index (χ4n) is 1.11. The number of alkyl carbamates (subject to hydrolysis) is 1. The predicted octanol–water partition coefficient (Wildman–Crippen LogP) is 1.92. The zero-order valence-corrected chi connectivity index (χ0v) is 10.3. The van der Waals surface area contributed by atoms with Crippen molar-refractivity contribution in [3.8, 4) is 0 Å². The number of ether oxygens (including phenoxy) is 1. The van der Waals surface area contributed by atoms with Gasteiger partial charge in [-0.3, -0.25) is 0 Å². The molecule has 0 aromatic heterocycles. The van der Waals surface area contributed by atoms with Gasteiger partial charge in [-0.2, -0.15) is 0 Å². The minimum absolute atomic E-state index is 0.0613. The van der Waals surface area contributed by atoms with Gasteiger partial charge >= 0.3 is 6.09 Å². The lowest BCUT2D eigenvalue weighted by Crippen LogP contribution is -2.44. The molecule has 0 aromatic rings. The van der Waals surface area contributed by atoms with E-state index in [-0.39, 0.29) is 18.6 Å². The average molecular weight is 217 g/mol. The second-order valence-electron chi connectivity index (χ2n) is 4.82. The lowest BCUT2D eigenvalue weighted by atomic mass is 10.0. The summed E-state index contributed by atoms with van der Waals surface area (Å²) in [6, 6.07) is -0.232. The van der Waals surface area contributed by atoms with Crippen molar-refractivity contribution >= 4 is 6.09 Å². The van der Waals surface area contributed by atoms with E-state index >= 15 is 0 Å².